The Kier molecular flexibility index (Phi) is 1.35. The lowest BCUT2D eigenvalue weighted by atomic mass is 9.56. The molecule has 2 saturated carbocycles. The van der Waals surface area contributed by atoms with Crippen LogP contribution in [0.15, 0.2) is 12.2 Å². The van der Waals surface area contributed by atoms with E-state index in [9.17, 15) is 4.79 Å². The Morgan fingerprint density at radius 1 is 1.46 bits per heavy atom. The molecule has 0 heterocycles. The van der Waals surface area contributed by atoms with Crippen molar-refractivity contribution in [2.24, 2.45) is 23.2 Å². The lowest BCUT2D eigenvalue weighted by molar-refractivity contribution is -0.143. The summed E-state index contributed by atoms with van der Waals surface area (Å²) in [5.74, 6) is 2.13. The molecule has 0 aromatic heterocycles. The predicted molar refractivity (Wildman–Crippen MR) is 51.2 cm³/mol. The van der Waals surface area contributed by atoms with E-state index in [2.05, 4.69) is 19.1 Å². The van der Waals surface area contributed by atoms with Crippen LogP contribution in [0.3, 0.4) is 0 Å². The van der Waals surface area contributed by atoms with Gasteiger partial charge in [0.05, 0.1) is 0 Å². The number of hydrogen-bond donors (Lipinski definition) is 0. The second kappa shape index (κ2) is 2.26. The van der Waals surface area contributed by atoms with Gasteiger partial charge in [-0.1, -0.05) is 25.5 Å². The summed E-state index contributed by atoms with van der Waals surface area (Å²) in [5, 5.41) is 0. The van der Waals surface area contributed by atoms with E-state index < -0.39 is 0 Å². The SMILES string of the molecule is C[C@]12CCC[C@H](C1=O)[C@@H]1C=C[C@H]2C1. The summed E-state index contributed by atoms with van der Waals surface area (Å²) in [6.45, 7) is 2.19. The Hall–Kier alpha value is -0.590. The summed E-state index contributed by atoms with van der Waals surface area (Å²) >= 11 is 0. The molecule has 70 valence electrons. The van der Waals surface area contributed by atoms with Crippen LogP contribution in [-0.4, -0.2) is 5.78 Å². The summed E-state index contributed by atoms with van der Waals surface area (Å²) in [7, 11) is 0. The molecule has 3 aliphatic carbocycles. The summed E-state index contributed by atoms with van der Waals surface area (Å²) in [4.78, 5) is 12.2. The maximum absolute atomic E-state index is 12.2. The second-order valence-corrected chi connectivity index (χ2v) is 5.17. The molecule has 0 saturated heterocycles. The molecule has 0 unspecified atom stereocenters. The predicted octanol–water partition coefficient (Wildman–Crippen LogP) is 2.57. The lowest BCUT2D eigenvalue weighted by Gasteiger charge is -2.46. The van der Waals surface area contributed by atoms with Crippen molar-refractivity contribution in [1.82, 2.24) is 0 Å². The van der Waals surface area contributed by atoms with Gasteiger partial charge in [-0.05, 0) is 31.1 Å². The van der Waals surface area contributed by atoms with Crippen molar-refractivity contribution in [2.45, 2.75) is 32.6 Å². The third kappa shape index (κ3) is 0.806. The van der Waals surface area contributed by atoms with Crippen LogP contribution in [0.1, 0.15) is 32.6 Å². The van der Waals surface area contributed by atoms with Gasteiger partial charge < -0.3 is 0 Å². The highest BCUT2D eigenvalue weighted by molar-refractivity contribution is 5.89. The summed E-state index contributed by atoms with van der Waals surface area (Å²) < 4.78 is 0. The van der Waals surface area contributed by atoms with Crippen LogP contribution >= 0.6 is 0 Å². The molecule has 13 heavy (non-hydrogen) atoms. The van der Waals surface area contributed by atoms with Crippen molar-refractivity contribution in [3.63, 3.8) is 0 Å². The van der Waals surface area contributed by atoms with Crippen molar-refractivity contribution in [3.05, 3.63) is 12.2 Å². The van der Waals surface area contributed by atoms with Crippen LogP contribution in [0, 0.1) is 23.2 Å². The maximum atomic E-state index is 12.2. The topological polar surface area (TPSA) is 17.1 Å². The van der Waals surface area contributed by atoms with Crippen LogP contribution in [-0.2, 0) is 4.79 Å². The Morgan fingerprint density at radius 3 is 3.15 bits per heavy atom. The standard InChI is InChI=1S/C12H16O/c1-12-6-2-3-10(11(12)13)8-4-5-9(12)7-8/h4-5,8-10H,2-3,6-7H2,1H3/t8-,9+,10+,12-/m1/s1. The maximum Gasteiger partial charge on any atom is 0.142 e. The van der Waals surface area contributed by atoms with E-state index in [4.69, 9.17) is 0 Å². The number of Topliss-reactive ketones (excluding diaryl/α,β-unsaturated/α-hetero) is 1. The Labute approximate surface area is 79.2 Å². The molecular weight excluding hydrogens is 160 g/mol. The molecule has 0 aromatic rings. The number of carbonyl (C=O) groups is 1. The van der Waals surface area contributed by atoms with Crippen LogP contribution in [0.25, 0.3) is 0 Å². The monoisotopic (exact) mass is 176 g/mol. The Bertz CT molecular complexity index is 291. The first-order valence-corrected chi connectivity index (χ1v) is 5.44. The molecule has 0 aliphatic heterocycles. The minimum atomic E-state index is 0.0203. The zero-order chi connectivity index (χ0) is 9.05. The molecule has 3 aliphatic rings. The van der Waals surface area contributed by atoms with Crippen molar-refractivity contribution >= 4 is 5.78 Å². The first kappa shape index (κ1) is 7.78. The molecule has 2 fully saturated rings. The number of hydrogen-bond acceptors (Lipinski definition) is 1. The quantitative estimate of drug-likeness (QED) is 0.518. The third-order valence-electron chi connectivity index (χ3n) is 4.56. The van der Waals surface area contributed by atoms with E-state index >= 15 is 0 Å². The Morgan fingerprint density at radius 2 is 2.31 bits per heavy atom. The normalized spacial score (nSPS) is 52.7. The fourth-order valence-electron chi connectivity index (χ4n) is 3.64. The van der Waals surface area contributed by atoms with Gasteiger partial charge in [0.15, 0.2) is 0 Å². The molecule has 3 rings (SSSR count). The molecule has 0 aromatic carbocycles. The Balaban J connectivity index is 2.09. The number of fused-ring (bicyclic) bond motifs is 6. The van der Waals surface area contributed by atoms with E-state index in [1.165, 1.54) is 12.8 Å². The molecule has 1 heteroatoms. The van der Waals surface area contributed by atoms with Gasteiger partial charge in [0, 0.05) is 11.3 Å². The zero-order valence-electron chi connectivity index (χ0n) is 8.12. The van der Waals surface area contributed by atoms with E-state index in [1.54, 1.807) is 0 Å². The minimum absolute atomic E-state index is 0.0203. The minimum Gasteiger partial charge on any atom is -0.299 e. The van der Waals surface area contributed by atoms with Gasteiger partial charge in [0.2, 0.25) is 0 Å². The van der Waals surface area contributed by atoms with Gasteiger partial charge in [-0.3, -0.25) is 4.79 Å². The summed E-state index contributed by atoms with van der Waals surface area (Å²) in [6, 6.07) is 0. The third-order valence-corrected chi connectivity index (χ3v) is 4.56. The van der Waals surface area contributed by atoms with Gasteiger partial charge >= 0.3 is 0 Å². The van der Waals surface area contributed by atoms with Crippen LogP contribution < -0.4 is 0 Å². The highest BCUT2D eigenvalue weighted by atomic mass is 16.1. The summed E-state index contributed by atoms with van der Waals surface area (Å²) in [6.07, 6.45) is 9.42. The van der Waals surface area contributed by atoms with Gasteiger partial charge in [-0.2, -0.15) is 0 Å². The average molecular weight is 176 g/mol. The van der Waals surface area contributed by atoms with Crippen LogP contribution in [0.4, 0.5) is 0 Å². The average Bonchev–Trinajstić information content (AvgIpc) is 2.55. The summed E-state index contributed by atoms with van der Waals surface area (Å²) in [5.41, 5.74) is 0.0203. The van der Waals surface area contributed by atoms with E-state index in [0.717, 1.165) is 12.8 Å². The largest absolute Gasteiger partial charge is 0.299 e. The van der Waals surface area contributed by atoms with Gasteiger partial charge in [0.1, 0.15) is 5.78 Å². The number of carbonyl (C=O) groups excluding carboxylic acids is 1. The molecule has 4 atom stereocenters. The number of rotatable bonds is 0. The van der Waals surface area contributed by atoms with E-state index in [0.29, 0.717) is 23.5 Å². The van der Waals surface area contributed by atoms with Gasteiger partial charge in [-0.25, -0.2) is 0 Å². The number of allylic oxidation sites excluding steroid dienone is 2. The molecule has 0 spiro atoms. The molecule has 0 radical (unpaired) electrons. The second-order valence-electron chi connectivity index (χ2n) is 5.17. The van der Waals surface area contributed by atoms with E-state index in [-0.39, 0.29) is 5.41 Å². The van der Waals surface area contributed by atoms with Crippen molar-refractivity contribution in [3.8, 4) is 0 Å². The van der Waals surface area contributed by atoms with Gasteiger partial charge in [0.25, 0.3) is 0 Å². The van der Waals surface area contributed by atoms with Crippen molar-refractivity contribution in [1.29, 1.82) is 0 Å². The van der Waals surface area contributed by atoms with Crippen LogP contribution in [0.2, 0.25) is 0 Å². The van der Waals surface area contributed by atoms with Crippen molar-refractivity contribution < 1.29 is 4.79 Å². The fraction of sp³-hybridized carbons (Fsp3) is 0.750. The van der Waals surface area contributed by atoms with Gasteiger partial charge in [-0.15, -0.1) is 0 Å². The highest BCUT2D eigenvalue weighted by Crippen LogP contribution is 2.55. The first-order chi connectivity index (χ1) is 6.22. The molecule has 4 bridgehead atoms. The molecular formula is C12H16O. The lowest BCUT2D eigenvalue weighted by Crippen LogP contribution is -2.47. The fourth-order valence-corrected chi connectivity index (χ4v) is 3.64. The van der Waals surface area contributed by atoms with Crippen molar-refractivity contribution in [2.75, 3.05) is 0 Å². The smallest absolute Gasteiger partial charge is 0.142 e. The first-order valence-electron chi connectivity index (χ1n) is 5.44. The zero-order valence-corrected chi connectivity index (χ0v) is 8.12. The molecule has 0 N–H and O–H groups in total. The molecule has 1 nitrogen and oxygen atoms in total. The highest BCUT2D eigenvalue weighted by Gasteiger charge is 2.53. The molecule has 0 amide bonds. The van der Waals surface area contributed by atoms with Crippen LogP contribution in [0.5, 0.6) is 0 Å². The number of ketones is 1. The van der Waals surface area contributed by atoms with E-state index in [1.807, 2.05) is 0 Å².